The van der Waals surface area contributed by atoms with Crippen molar-refractivity contribution >= 4 is 10.1 Å². The van der Waals surface area contributed by atoms with Gasteiger partial charge in [-0.15, -0.1) is 5.10 Å². The van der Waals surface area contributed by atoms with Gasteiger partial charge < -0.3 is 0 Å². The molecule has 1 aromatic heterocycles. The van der Waals surface area contributed by atoms with Gasteiger partial charge in [0, 0.05) is 7.05 Å². The van der Waals surface area contributed by atoms with Crippen LogP contribution in [0.3, 0.4) is 0 Å². The molecule has 0 aliphatic rings. The minimum Gasteiger partial charge on any atom is -0.260 e. The summed E-state index contributed by atoms with van der Waals surface area (Å²) in [7, 11) is -2.04. The van der Waals surface area contributed by atoms with Crippen LogP contribution < -0.4 is 0 Å². The van der Waals surface area contributed by atoms with Crippen LogP contribution >= 0.6 is 0 Å². The van der Waals surface area contributed by atoms with Crippen molar-refractivity contribution in [1.82, 2.24) is 15.0 Å². The molecule has 0 saturated carbocycles. The highest BCUT2D eigenvalue weighted by molar-refractivity contribution is 7.86. The van der Waals surface area contributed by atoms with Crippen LogP contribution in [0.25, 0.3) is 0 Å². The Morgan fingerprint density at radius 1 is 1.28 bits per heavy atom. The zero-order chi connectivity index (χ0) is 13.2. The highest BCUT2D eigenvalue weighted by Gasteiger charge is 2.15. The van der Waals surface area contributed by atoms with Crippen LogP contribution in [0, 0.1) is 6.92 Å². The summed E-state index contributed by atoms with van der Waals surface area (Å²) in [6.07, 6.45) is 1.60. The lowest BCUT2D eigenvalue weighted by Gasteiger charge is -2.04. The average molecular weight is 267 g/mol. The Morgan fingerprint density at radius 3 is 2.50 bits per heavy atom. The van der Waals surface area contributed by atoms with Crippen LogP contribution in [0.5, 0.6) is 0 Å². The zero-order valence-electron chi connectivity index (χ0n) is 10.1. The molecule has 1 aromatic carbocycles. The summed E-state index contributed by atoms with van der Waals surface area (Å²) < 4.78 is 30.1. The highest BCUT2D eigenvalue weighted by Crippen LogP contribution is 2.14. The number of benzene rings is 1. The van der Waals surface area contributed by atoms with E-state index in [2.05, 4.69) is 10.3 Å². The second kappa shape index (κ2) is 4.87. The van der Waals surface area contributed by atoms with Crippen LogP contribution in [-0.4, -0.2) is 23.4 Å². The predicted octanol–water partition coefficient (Wildman–Crippen LogP) is 1.03. The van der Waals surface area contributed by atoms with Crippen LogP contribution in [0.1, 0.15) is 11.3 Å². The van der Waals surface area contributed by atoms with E-state index in [0.717, 1.165) is 5.56 Å². The van der Waals surface area contributed by atoms with Crippen molar-refractivity contribution < 1.29 is 12.6 Å². The molecular weight excluding hydrogens is 254 g/mol. The van der Waals surface area contributed by atoms with Crippen molar-refractivity contribution in [3.05, 3.63) is 41.7 Å². The summed E-state index contributed by atoms with van der Waals surface area (Å²) in [4.78, 5) is 0.136. The fraction of sp³-hybridized carbons (Fsp3) is 0.273. The molecule has 0 aliphatic carbocycles. The molecule has 0 radical (unpaired) electrons. The molecule has 2 rings (SSSR count). The van der Waals surface area contributed by atoms with Gasteiger partial charge in [0.1, 0.15) is 12.3 Å². The van der Waals surface area contributed by atoms with Crippen LogP contribution in [0.4, 0.5) is 0 Å². The van der Waals surface area contributed by atoms with Crippen molar-refractivity contribution in [3.63, 3.8) is 0 Å². The molecule has 0 fully saturated rings. The third-order valence-corrected chi connectivity index (χ3v) is 3.60. The highest BCUT2D eigenvalue weighted by atomic mass is 32.2. The molecular formula is C11H13N3O3S. The second-order valence-electron chi connectivity index (χ2n) is 3.91. The quantitative estimate of drug-likeness (QED) is 0.773. The minimum atomic E-state index is -3.74. The number of nitrogens with zero attached hydrogens (tertiary/aromatic N) is 3. The molecule has 2 aromatic rings. The summed E-state index contributed by atoms with van der Waals surface area (Å²) in [6, 6.07) is 6.47. The molecule has 0 spiro atoms. The van der Waals surface area contributed by atoms with Gasteiger partial charge in [0.2, 0.25) is 0 Å². The van der Waals surface area contributed by atoms with Gasteiger partial charge >= 0.3 is 0 Å². The fourth-order valence-corrected chi connectivity index (χ4v) is 2.25. The Hall–Kier alpha value is -1.73. The lowest BCUT2D eigenvalue weighted by molar-refractivity contribution is 0.303. The van der Waals surface area contributed by atoms with Gasteiger partial charge in [-0.05, 0) is 19.1 Å². The maximum absolute atomic E-state index is 11.8. The Morgan fingerprint density at radius 2 is 1.94 bits per heavy atom. The van der Waals surface area contributed by atoms with Gasteiger partial charge in [-0.2, -0.15) is 8.42 Å². The first-order valence-corrected chi connectivity index (χ1v) is 6.69. The topological polar surface area (TPSA) is 74.1 Å². The number of aryl methyl sites for hydroxylation is 2. The molecule has 0 N–H and O–H groups in total. The molecule has 0 amide bonds. The van der Waals surface area contributed by atoms with E-state index in [4.69, 9.17) is 4.18 Å². The van der Waals surface area contributed by atoms with Crippen molar-refractivity contribution in [2.45, 2.75) is 18.4 Å². The first kappa shape index (κ1) is 12.7. The largest absolute Gasteiger partial charge is 0.297 e. The Labute approximate surface area is 105 Å². The van der Waals surface area contributed by atoms with Crippen LogP contribution in [0.15, 0.2) is 35.4 Å². The van der Waals surface area contributed by atoms with Gasteiger partial charge in [0.15, 0.2) is 0 Å². The monoisotopic (exact) mass is 267 g/mol. The fourth-order valence-electron chi connectivity index (χ4n) is 1.37. The van der Waals surface area contributed by atoms with Gasteiger partial charge in [0.25, 0.3) is 10.1 Å². The first-order chi connectivity index (χ1) is 8.47. The van der Waals surface area contributed by atoms with E-state index in [9.17, 15) is 8.42 Å². The lowest BCUT2D eigenvalue weighted by Crippen LogP contribution is -2.06. The molecule has 18 heavy (non-hydrogen) atoms. The summed E-state index contributed by atoms with van der Waals surface area (Å²) >= 11 is 0. The van der Waals surface area contributed by atoms with Crippen molar-refractivity contribution in [2.75, 3.05) is 0 Å². The van der Waals surface area contributed by atoms with Gasteiger partial charge in [-0.1, -0.05) is 22.9 Å². The third kappa shape index (κ3) is 2.93. The maximum Gasteiger partial charge on any atom is 0.297 e. The Bertz CT molecular complexity index is 632. The first-order valence-electron chi connectivity index (χ1n) is 5.29. The van der Waals surface area contributed by atoms with E-state index in [1.165, 1.54) is 16.8 Å². The molecule has 96 valence electrons. The zero-order valence-corrected chi connectivity index (χ0v) is 10.9. The molecule has 7 heteroatoms. The normalized spacial score (nSPS) is 11.7. The smallest absolute Gasteiger partial charge is 0.260 e. The van der Waals surface area contributed by atoms with E-state index in [1.54, 1.807) is 25.4 Å². The Kier molecular flexibility index (Phi) is 3.44. The van der Waals surface area contributed by atoms with E-state index in [1.807, 2.05) is 6.92 Å². The van der Waals surface area contributed by atoms with Gasteiger partial charge in [-0.25, -0.2) is 0 Å². The number of hydrogen-bond acceptors (Lipinski definition) is 5. The van der Waals surface area contributed by atoms with Crippen molar-refractivity contribution in [2.24, 2.45) is 7.05 Å². The average Bonchev–Trinajstić information content (AvgIpc) is 2.73. The molecule has 0 bridgehead atoms. The summed E-state index contributed by atoms with van der Waals surface area (Å²) in [6.45, 7) is 1.76. The molecule has 1 heterocycles. The van der Waals surface area contributed by atoms with Crippen molar-refractivity contribution in [1.29, 1.82) is 0 Å². The molecule has 0 atom stereocenters. The summed E-state index contributed by atoms with van der Waals surface area (Å²) in [5.74, 6) is 0. The van der Waals surface area contributed by atoms with Gasteiger partial charge in [-0.3, -0.25) is 8.86 Å². The van der Waals surface area contributed by atoms with E-state index in [-0.39, 0.29) is 11.5 Å². The van der Waals surface area contributed by atoms with Crippen LogP contribution in [0.2, 0.25) is 0 Å². The van der Waals surface area contributed by atoms with E-state index < -0.39 is 10.1 Å². The molecule has 0 aliphatic heterocycles. The number of hydrogen-bond donors (Lipinski definition) is 0. The molecule has 0 unspecified atom stereocenters. The van der Waals surface area contributed by atoms with Crippen molar-refractivity contribution in [3.8, 4) is 0 Å². The predicted molar refractivity (Wildman–Crippen MR) is 64.2 cm³/mol. The number of aromatic nitrogens is 3. The SMILES string of the molecule is Cc1ccc(S(=O)(=O)OCc2cn(C)nn2)cc1. The summed E-state index contributed by atoms with van der Waals surface area (Å²) in [5.41, 5.74) is 1.45. The third-order valence-electron chi connectivity index (χ3n) is 2.32. The maximum atomic E-state index is 11.8. The lowest BCUT2D eigenvalue weighted by atomic mass is 10.2. The second-order valence-corrected chi connectivity index (χ2v) is 5.53. The molecule has 0 saturated heterocycles. The summed E-state index contributed by atoms with van der Waals surface area (Å²) in [5, 5.41) is 7.44. The van der Waals surface area contributed by atoms with E-state index in [0.29, 0.717) is 5.69 Å². The van der Waals surface area contributed by atoms with E-state index >= 15 is 0 Å². The van der Waals surface area contributed by atoms with Gasteiger partial charge in [0.05, 0.1) is 11.1 Å². The molecule has 6 nitrogen and oxygen atoms in total. The number of rotatable bonds is 4. The standard InChI is InChI=1S/C11H13N3O3S/c1-9-3-5-11(6-4-9)18(15,16)17-8-10-7-14(2)13-12-10/h3-7H,8H2,1-2H3. The van der Waals surface area contributed by atoms with Crippen LogP contribution in [-0.2, 0) is 28.0 Å². The minimum absolute atomic E-state index is 0.121. The Balaban J connectivity index is 2.10.